The first kappa shape index (κ1) is 31.3. The summed E-state index contributed by atoms with van der Waals surface area (Å²) in [4.78, 5) is 0. The maximum Gasteiger partial charge on any atom is 0.115 e. The number of rotatable bonds is 5. The third-order valence-corrected chi connectivity index (χ3v) is 10.6. The van der Waals surface area contributed by atoms with Crippen LogP contribution in [0.3, 0.4) is 0 Å². The predicted octanol–water partition coefficient (Wildman–Crippen LogP) is 9.26. The normalized spacial score (nSPS) is 11.6. The van der Waals surface area contributed by atoms with Crippen LogP contribution >= 0.6 is 0 Å². The van der Waals surface area contributed by atoms with Crippen LogP contribution in [0.2, 0.25) is 0 Å². The van der Waals surface area contributed by atoms with Crippen LogP contribution in [-0.4, -0.2) is 32.7 Å². The van der Waals surface area contributed by atoms with Gasteiger partial charge in [0.1, 0.15) is 23.5 Å². The quantitative estimate of drug-likeness (QED) is 0.162. The Morgan fingerprint density at radius 1 is 0.340 bits per heavy atom. The molecule has 5 heteroatoms. The zero-order chi connectivity index (χ0) is 35.6. The maximum absolute atomic E-state index is 7.30. The van der Waals surface area contributed by atoms with Crippen molar-refractivity contribution in [3.8, 4) is 44.8 Å². The van der Waals surface area contributed by atoms with Crippen LogP contribution in [0.1, 0.15) is 0 Å². The van der Waals surface area contributed by atoms with E-state index in [-0.39, 0.29) is 0 Å². The molecule has 0 amide bonds. The standard InChI is InChI=1S/C48H29B3N2/c49-45-42(33-25-28-40-38(29-33)43-36(32-15-6-2-7-16-32)20-12-22-41(43)52(40)34-17-8-3-9-18-34)46(50)47(51)48-44(45)37-19-10-11-21-39(37)53(48)35-26-23-31(24-27-35)30-13-4-1-5-14-30/h1-29H. The van der Waals surface area contributed by atoms with Crippen molar-refractivity contribution in [2.75, 3.05) is 0 Å². The van der Waals surface area contributed by atoms with Crippen molar-refractivity contribution in [3.63, 3.8) is 0 Å². The molecule has 0 N–H and O–H groups in total. The molecule has 8 aromatic carbocycles. The Balaban J connectivity index is 1.23. The molecule has 0 aliphatic carbocycles. The Hall–Kier alpha value is -6.45. The Morgan fingerprint density at radius 2 is 0.906 bits per heavy atom. The molecule has 0 bridgehead atoms. The Bertz CT molecular complexity index is 3000. The Labute approximate surface area is 312 Å². The summed E-state index contributed by atoms with van der Waals surface area (Å²) in [7, 11) is 21.5. The average molecular weight is 666 g/mol. The van der Waals surface area contributed by atoms with E-state index in [2.05, 4.69) is 161 Å². The molecule has 0 saturated heterocycles. The number of fused-ring (bicyclic) bond motifs is 6. The van der Waals surface area contributed by atoms with Gasteiger partial charge in [0, 0.05) is 38.4 Å². The summed E-state index contributed by atoms with van der Waals surface area (Å²) >= 11 is 0. The van der Waals surface area contributed by atoms with Crippen molar-refractivity contribution < 1.29 is 0 Å². The van der Waals surface area contributed by atoms with Crippen LogP contribution < -0.4 is 16.4 Å². The molecule has 0 aliphatic heterocycles. The van der Waals surface area contributed by atoms with Crippen molar-refractivity contribution in [3.05, 3.63) is 176 Å². The van der Waals surface area contributed by atoms with Crippen LogP contribution in [0.25, 0.3) is 88.4 Å². The fourth-order valence-corrected chi connectivity index (χ4v) is 8.25. The second-order valence-corrected chi connectivity index (χ2v) is 13.6. The fourth-order valence-electron chi connectivity index (χ4n) is 8.25. The highest BCUT2D eigenvalue weighted by atomic mass is 15.0. The summed E-state index contributed by atoms with van der Waals surface area (Å²) in [6.45, 7) is 0. The molecule has 0 atom stereocenters. The molecule has 2 nitrogen and oxygen atoms in total. The van der Waals surface area contributed by atoms with E-state index in [1.54, 1.807) is 0 Å². The van der Waals surface area contributed by atoms with Gasteiger partial charge in [-0.25, -0.2) is 0 Å². The minimum absolute atomic E-state index is 0.467. The van der Waals surface area contributed by atoms with Gasteiger partial charge in [0.05, 0.1) is 16.6 Å². The number of hydrogen-bond donors (Lipinski definition) is 0. The van der Waals surface area contributed by atoms with Crippen LogP contribution in [-0.2, 0) is 0 Å². The average Bonchev–Trinajstić information content (AvgIpc) is 3.75. The van der Waals surface area contributed by atoms with E-state index >= 15 is 0 Å². The van der Waals surface area contributed by atoms with E-state index in [1.807, 2.05) is 24.3 Å². The van der Waals surface area contributed by atoms with Gasteiger partial charge in [-0.15, -0.1) is 0 Å². The van der Waals surface area contributed by atoms with Gasteiger partial charge in [0.25, 0.3) is 0 Å². The molecule has 0 fully saturated rings. The first-order valence-electron chi connectivity index (χ1n) is 17.8. The fraction of sp³-hybridized carbons (Fsp3) is 0. The van der Waals surface area contributed by atoms with Crippen molar-refractivity contribution in [1.29, 1.82) is 0 Å². The minimum atomic E-state index is 0.467. The summed E-state index contributed by atoms with van der Waals surface area (Å²) < 4.78 is 4.52. The highest BCUT2D eigenvalue weighted by Gasteiger charge is 2.22. The third kappa shape index (κ3) is 4.84. The topological polar surface area (TPSA) is 9.86 Å². The van der Waals surface area contributed by atoms with Gasteiger partial charge in [-0.2, -0.15) is 0 Å². The molecule has 2 heterocycles. The second kappa shape index (κ2) is 12.4. The van der Waals surface area contributed by atoms with Gasteiger partial charge in [-0.05, 0) is 81.9 Å². The van der Waals surface area contributed by atoms with Gasteiger partial charge in [0.15, 0.2) is 0 Å². The van der Waals surface area contributed by atoms with E-state index in [0.717, 1.165) is 77.4 Å². The maximum atomic E-state index is 7.30. The molecule has 10 aromatic rings. The van der Waals surface area contributed by atoms with Crippen LogP contribution in [0.15, 0.2) is 176 Å². The molecule has 2 aromatic heterocycles. The number of benzene rings is 8. The van der Waals surface area contributed by atoms with E-state index in [0.29, 0.717) is 16.4 Å². The summed E-state index contributed by atoms with van der Waals surface area (Å²) in [6.07, 6.45) is 0. The molecule has 0 spiro atoms. The van der Waals surface area contributed by atoms with Gasteiger partial charge in [0.2, 0.25) is 0 Å². The number of hydrogen-bond acceptors (Lipinski definition) is 0. The zero-order valence-electron chi connectivity index (χ0n) is 28.9. The highest BCUT2D eigenvalue weighted by molar-refractivity contribution is 6.60. The van der Waals surface area contributed by atoms with Gasteiger partial charge >= 0.3 is 0 Å². The smallest absolute Gasteiger partial charge is 0.115 e. The molecular weight excluding hydrogens is 637 g/mol. The lowest BCUT2D eigenvalue weighted by molar-refractivity contribution is 1.18. The lowest BCUT2D eigenvalue weighted by Gasteiger charge is -2.19. The van der Waals surface area contributed by atoms with Crippen LogP contribution in [0.5, 0.6) is 0 Å². The van der Waals surface area contributed by atoms with Gasteiger partial charge in [-0.3, -0.25) is 0 Å². The zero-order valence-corrected chi connectivity index (χ0v) is 28.9. The van der Waals surface area contributed by atoms with Gasteiger partial charge in [-0.1, -0.05) is 144 Å². The third-order valence-electron chi connectivity index (χ3n) is 10.6. The minimum Gasteiger partial charge on any atom is -0.310 e. The molecule has 0 aliphatic rings. The van der Waals surface area contributed by atoms with Crippen LogP contribution in [0.4, 0.5) is 0 Å². The molecule has 240 valence electrons. The Morgan fingerprint density at radius 3 is 1.64 bits per heavy atom. The summed E-state index contributed by atoms with van der Waals surface area (Å²) in [5.74, 6) is 0. The molecule has 6 radical (unpaired) electrons. The van der Waals surface area contributed by atoms with E-state index in [1.165, 1.54) is 10.9 Å². The van der Waals surface area contributed by atoms with Crippen molar-refractivity contribution >= 4 is 83.5 Å². The molecule has 53 heavy (non-hydrogen) atoms. The lowest BCUT2D eigenvalue weighted by Crippen LogP contribution is -2.35. The molecule has 10 rings (SSSR count). The highest BCUT2D eigenvalue weighted by Crippen LogP contribution is 2.40. The summed E-state index contributed by atoms with van der Waals surface area (Å²) in [5, 5.41) is 4.19. The lowest BCUT2D eigenvalue weighted by atomic mass is 9.69. The first-order valence-corrected chi connectivity index (χ1v) is 17.8. The van der Waals surface area contributed by atoms with Gasteiger partial charge < -0.3 is 9.13 Å². The number of aromatic nitrogens is 2. The summed E-state index contributed by atoms with van der Waals surface area (Å²) in [5.41, 5.74) is 14.0. The Kier molecular flexibility index (Phi) is 7.30. The van der Waals surface area contributed by atoms with E-state index in [9.17, 15) is 0 Å². The SMILES string of the molecule is [B]c1c(-c2ccc3c(c2)c2c(-c4ccccc4)cccc2n3-c2ccccc2)c([B])c2c3ccccc3n(-c3ccc(-c4ccccc4)cc3)c2c1[B]. The first-order chi connectivity index (χ1) is 26.1. The van der Waals surface area contributed by atoms with Crippen LogP contribution in [0, 0.1) is 0 Å². The monoisotopic (exact) mass is 666 g/mol. The second-order valence-electron chi connectivity index (χ2n) is 13.6. The molecular formula is C48H29B3N2. The predicted molar refractivity (Wildman–Crippen MR) is 228 cm³/mol. The summed E-state index contributed by atoms with van der Waals surface area (Å²) in [6, 6.07) is 61.4. The van der Waals surface area contributed by atoms with Crippen molar-refractivity contribution in [2.24, 2.45) is 0 Å². The molecule has 0 unspecified atom stereocenters. The van der Waals surface area contributed by atoms with E-state index < -0.39 is 0 Å². The largest absolute Gasteiger partial charge is 0.310 e. The van der Waals surface area contributed by atoms with Crippen molar-refractivity contribution in [2.45, 2.75) is 0 Å². The van der Waals surface area contributed by atoms with Crippen molar-refractivity contribution in [1.82, 2.24) is 9.13 Å². The molecule has 0 saturated carbocycles. The number of nitrogens with zero attached hydrogens (tertiary/aromatic N) is 2. The number of para-hydroxylation sites is 2. The van der Waals surface area contributed by atoms with E-state index in [4.69, 9.17) is 23.5 Å².